The average Bonchev–Trinajstić information content (AvgIpc) is 2.49. The van der Waals surface area contributed by atoms with E-state index in [1.807, 2.05) is 0 Å². The molecule has 1 aliphatic heterocycles. The van der Waals surface area contributed by atoms with Gasteiger partial charge in [-0.15, -0.1) is 0 Å². The predicted molar refractivity (Wildman–Crippen MR) is 84.8 cm³/mol. The lowest BCUT2D eigenvalue weighted by molar-refractivity contribution is 0.0174. The van der Waals surface area contributed by atoms with E-state index in [-0.39, 0.29) is 18.8 Å². The van der Waals surface area contributed by atoms with Crippen LogP contribution in [0.3, 0.4) is 0 Å². The van der Waals surface area contributed by atoms with E-state index in [9.17, 15) is 18.4 Å². The molecule has 6 nitrogen and oxygen atoms in total. The molecule has 1 aliphatic rings. The van der Waals surface area contributed by atoms with Gasteiger partial charge in [0.25, 0.3) is 0 Å². The number of carbonyl (C=O) groups is 2. The van der Waals surface area contributed by atoms with Crippen LogP contribution in [0, 0.1) is 11.6 Å². The zero-order valence-corrected chi connectivity index (χ0v) is 13.9. The van der Waals surface area contributed by atoms with Gasteiger partial charge in [-0.25, -0.2) is 18.4 Å². The summed E-state index contributed by atoms with van der Waals surface area (Å²) in [5.74, 6) is -1.35. The summed E-state index contributed by atoms with van der Waals surface area (Å²) in [6.07, 6.45) is -0.432. The molecule has 0 atom stereocenters. The number of amides is 3. The molecule has 0 radical (unpaired) electrons. The number of carbonyl (C=O) groups excluding carboxylic acids is 2. The molecule has 1 fully saturated rings. The third kappa shape index (κ3) is 4.81. The quantitative estimate of drug-likeness (QED) is 0.854. The first kappa shape index (κ1) is 18.0. The van der Waals surface area contributed by atoms with E-state index >= 15 is 0 Å². The number of piperazine rings is 1. The maximum atomic E-state index is 13.6. The largest absolute Gasteiger partial charge is 0.444 e. The summed E-state index contributed by atoms with van der Waals surface area (Å²) < 4.78 is 32.0. The average molecular weight is 341 g/mol. The molecule has 0 spiro atoms. The van der Waals surface area contributed by atoms with Gasteiger partial charge in [-0.3, -0.25) is 0 Å². The summed E-state index contributed by atoms with van der Waals surface area (Å²) >= 11 is 0. The number of rotatable bonds is 1. The van der Waals surface area contributed by atoms with Crippen molar-refractivity contribution in [2.75, 3.05) is 31.5 Å². The Morgan fingerprint density at radius 3 is 2.25 bits per heavy atom. The van der Waals surface area contributed by atoms with Crippen LogP contribution in [0.15, 0.2) is 18.2 Å². The number of nitrogens with one attached hydrogen (secondary N) is 1. The summed E-state index contributed by atoms with van der Waals surface area (Å²) in [7, 11) is 0. The highest BCUT2D eigenvalue weighted by molar-refractivity contribution is 5.89. The van der Waals surface area contributed by atoms with Crippen LogP contribution in [0.5, 0.6) is 0 Å². The van der Waals surface area contributed by atoms with E-state index in [1.54, 1.807) is 20.8 Å². The molecule has 0 bridgehead atoms. The number of halogens is 2. The van der Waals surface area contributed by atoms with Gasteiger partial charge >= 0.3 is 12.1 Å². The molecule has 1 aromatic carbocycles. The number of hydrogen-bond acceptors (Lipinski definition) is 3. The zero-order valence-electron chi connectivity index (χ0n) is 13.9. The lowest BCUT2D eigenvalue weighted by Gasteiger charge is -2.35. The fraction of sp³-hybridized carbons (Fsp3) is 0.500. The summed E-state index contributed by atoms with van der Waals surface area (Å²) in [6.45, 7) is 6.53. The first-order chi connectivity index (χ1) is 11.2. The molecule has 1 saturated heterocycles. The van der Waals surface area contributed by atoms with Crippen molar-refractivity contribution in [1.82, 2.24) is 9.80 Å². The summed E-state index contributed by atoms with van der Waals surface area (Å²) in [6, 6.07) is 2.31. The number of hydrogen-bond donors (Lipinski definition) is 1. The standard InChI is InChI=1S/C16H21F2N3O3/c1-16(2,3)24-15(23)21-8-6-20(7-9-21)14(22)19-13-10-11(17)4-5-12(13)18/h4-5,10H,6-9H2,1-3H3,(H,19,22). The van der Waals surface area contributed by atoms with Crippen molar-refractivity contribution in [2.24, 2.45) is 0 Å². The molecule has 1 heterocycles. The molecule has 3 amide bonds. The van der Waals surface area contributed by atoms with Gasteiger partial charge in [-0.1, -0.05) is 0 Å². The molecule has 1 aromatic rings. The fourth-order valence-electron chi connectivity index (χ4n) is 2.21. The number of benzene rings is 1. The Kier molecular flexibility index (Phi) is 5.26. The van der Waals surface area contributed by atoms with Gasteiger partial charge in [0.05, 0.1) is 5.69 Å². The molecule has 2 rings (SSSR count). The summed E-state index contributed by atoms with van der Waals surface area (Å²) in [5, 5.41) is 2.34. The Labute approximate surface area is 139 Å². The first-order valence-electron chi connectivity index (χ1n) is 7.64. The van der Waals surface area contributed by atoms with Gasteiger partial charge < -0.3 is 19.9 Å². The van der Waals surface area contributed by atoms with E-state index in [4.69, 9.17) is 4.74 Å². The minimum Gasteiger partial charge on any atom is -0.444 e. The lowest BCUT2D eigenvalue weighted by atomic mass is 10.2. The van der Waals surface area contributed by atoms with Crippen LogP contribution in [0.1, 0.15) is 20.8 Å². The molecular weight excluding hydrogens is 320 g/mol. The van der Waals surface area contributed by atoms with Crippen LogP contribution in [0.4, 0.5) is 24.1 Å². The lowest BCUT2D eigenvalue weighted by Crippen LogP contribution is -2.52. The van der Waals surface area contributed by atoms with Gasteiger partial charge in [0.2, 0.25) is 0 Å². The smallest absolute Gasteiger partial charge is 0.410 e. The van der Waals surface area contributed by atoms with Gasteiger partial charge in [0, 0.05) is 32.2 Å². The third-order valence-electron chi connectivity index (χ3n) is 3.39. The van der Waals surface area contributed by atoms with Crippen LogP contribution in [-0.4, -0.2) is 53.7 Å². The van der Waals surface area contributed by atoms with E-state index in [2.05, 4.69) is 5.32 Å². The second kappa shape index (κ2) is 7.02. The summed E-state index contributed by atoms with van der Waals surface area (Å²) in [4.78, 5) is 27.0. The summed E-state index contributed by atoms with van der Waals surface area (Å²) in [5.41, 5.74) is -0.796. The van der Waals surface area contributed by atoms with E-state index in [1.165, 1.54) is 9.80 Å². The molecule has 8 heteroatoms. The van der Waals surface area contributed by atoms with Gasteiger partial charge in [0.1, 0.15) is 17.2 Å². The fourth-order valence-corrected chi connectivity index (χ4v) is 2.21. The highest BCUT2D eigenvalue weighted by atomic mass is 19.1. The predicted octanol–water partition coefficient (Wildman–Crippen LogP) is 3.05. The SMILES string of the molecule is CC(C)(C)OC(=O)N1CCN(C(=O)Nc2cc(F)ccc2F)CC1. The van der Waals surface area contributed by atoms with E-state index in [0.29, 0.717) is 13.1 Å². The van der Waals surface area contributed by atoms with Crippen molar-refractivity contribution < 1.29 is 23.1 Å². The van der Waals surface area contributed by atoms with Gasteiger partial charge in [-0.05, 0) is 32.9 Å². The van der Waals surface area contributed by atoms with E-state index in [0.717, 1.165) is 18.2 Å². The van der Waals surface area contributed by atoms with Gasteiger partial charge in [0.15, 0.2) is 0 Å². The molecule has 1 N–H and O–H groups in total. The van der Waals surface area contributed by atoms with E-state index < -0.39 is 29.4 Å². The third-order valence-corrected chi connectivity index (χ3v) is 3.39. The topological polar surface area (TPSA) is 61.9 Å². The molecular formula is C16H21F2N3O3. The number of ether oxygens (including phenoxy) is 1. The second-order valence-corrected chi connectivity index (χ2v) is 6.51. The number of anilines is 1. The monoisotopic (exact) mass is 341 g/mol. The second-order valence-electron chi connectivity index (χ2n) is 6.51. The Hall–Kier alpha value is -2.38. The highest BCUT2D eigenvalue weighted by Gasteiger charge is 2.27. The van der Waals surface area contributed by atoms with Crippen LogP contribution >= 0.6 is 0 Å². The minimum atomic E-state index is -0.711. The van der Waals surface area contributed by atoms with Crippen molar-refractivity contribution in [1.29, 1.82) is 0 Å². The maximum Gasteiger partial charge on any atom is 0.410 e. The van der Waals surface area contributed by atoms with Crippen LogP contribution in [0.2, 0.25) is 0 Å². The Balaban J connectivity index is 1.89. The number of urea groups is 1. The van der Waals surface area contributed by atoms with Crippen LogP contribution in [-0.2, 0) is 4.74 Å². The molecule has 132 valence electrons. The molecule has 0 aromatic heterocycles. The molecule has 0 saturated carbocycles. The Morgan fingerprint density at radius 1 is 1.08 bits per heavy atom. The first-order valence-corrected chi connectivity index (χ1v) is 7.64. The van der Waals surface area contributed by atoms with Crippen LogP contribution in [0.25, 0.3) is 0 Å². The highest BCUT2D eigenvalue weighted by Crippen LogP contribution is 2.17. The zero-order chi connectivity index (χ0) is 17.9. The van der Waals surface area contributed by atoms with Crippen molar-refractivity contribution in [2.45, 2.75) is 26.4 Å². The normalized spacial score (nSPS) is 15.2. The molecule has 0 unspecified atom stereocenters. The minimum absolute atomic E-state index is 0.213. The van der Waals surface area contributed by atoms with Crippen molar-refractivity contribution in [3.05, 3.63) is 29.8 Å². The number of nitrogens with zero attached hydrogens (tertiary/aromatic N) is 2. The van der Waals surface area contributed by atoms with Crippen molar-refractivity contribution in [3.63, 3.8) is 0 Å². The Bertz CT molecular complexity index is 623. The Morgan fingerprint density at radius 2 is 1.67 bits per heavy atom. The molecule has 0 aliphatic carbocycles. The van der Waals surface area contributed by atoms with Crippen LogP contribution < -0.4 is 5.32 Å². The van der Waals surface area contributed by atoms with Crippen molar-refractivity contribution in [3.8, 4) is 0 Å². The maximum absolute atomic E-state index is 13.6. The molecule has 24 heavy (non-hydrogen) atoms. The van der Waals surface area contributed by atoms with Crippen molar-refractivity contribution >= 4 is 17.8 Å². The van der Waals surface area contributed by atoms with Gasteiger partial charge in [-0.2, -0.15) is 0 Å².